The van der Waals surface area contributed by atoms with E-state index in [2.05, 4.69) is 6.07 Å². The molecule has 1 N–H and O–H groups in total. The third-order valence-electron chi connectivity index (χ3n) is 3.36. The molecule has 0 heterocycles. The first-order chi connectivity index (χ1) is 8.77. The molecule has 0 radical (unpaired) electrons. The molecule has 0 spiro atoms. The molecule has 0 aliphatic rings. The molecule has 0 aliphatic carbocycles. The van der Waals surface area contributed by atoms with E-state index in [1.54, 1.807) is 12.1 Å². The molecule has 0 saturated carbocycles. The third kappa shape index (κ3) is 3.97. The Hall–Kier alpha value is -1.53. The molecule has 1 unspecified atom stereocenters. The lowest BCUT2D eigenvalue weighted by atomic mass is 9.81. The van der Waals surface area contributed by atoms with Crippen LogP contribution in [0, 0.1) is 29.6 Å². The van der Waals surface area contributed by atoms with Crippen LogP contribution in [0.4, 0.5) is 0 Å². The quantitative estimate of drug-likeness (QED) is 0.885. The van der Waals surface area contributed by atoms with Gasteiger partial charge >= 0.3 is 0 Å². The van der Waals surface area contributed by atoms with Crippen LogP contribution in [0.3, 0.4) is 0 Å². The van der Waals surface area contributed by atoms with Crippen LogP contribution < -0.4 is 4.74 Å². The highest BCUT2D eigenvalue weighted by molar-refractivity contribution is 5.41. The highest BCUT2D eigenvalue weighted by atomic mass is 16.5. The fourth-order valence-electron chi connectivity index (χ4n) is 2.11. The number of hydrogen-bond donors (Lipinski definition) is 1. The van der Waals surface area contributed by atoms with Gasteiger partial charge in [0.1, 0.15) is 5.75 Å². The minimum atomic E-state index is -0.410. The van der Waals surface area contributed by atoms with Crippen LogP contribution in [-0.4, -0.2) is 17.8 Å². The normalized spacial score (nSPS) is 13.2. The fraction of sp³-hybridized carbons (Fsp3) is 0.562. The van der Waals surface area contributed by atoms with Gasteiger partial charge in [-0.3, -0.25) is 0 Å². The molecule has 3 heteroatoms. The molecule has 0 bridgehead atoms. The van der Waals surface area contributed by atoms with Gasteiger partial charge in [0, 0.05) is 5.41 Å². The number of benzene rings is 1. The maximum atomic E-state index is 10.1. The maximum absolute atomic E-state index is 10.1. The molecule has 3 nitrogen and oxygen atoms in total. The number of nitrogens with zero attached hydrogens (tertiary/aromatic N) is 1. The summed E-state index contributed by atoms with van der Waals surface area (Å²) in [5.41, 5.74) is 1.26. The molecule has 1 aromatic carbocycles. The van der Waals surface area contributed by atoms with Crippen molar-refractivity contribution in [2.24, 2.45) is 11.3 Å². The van der Waals surface area contributed by atoms with Gasteiger partial charge in [0.15, 0.2) is 0 Å². The molecular weight excluding hydrogens is 238 g/mol. The van der Waals surface area contributed by atoms with E-state index in [4.69, 9.17) is 10.00 Å². The van der Waals surface area contributed by atoms with Crippen molar-refractivity contribution in [3.63, 3.8) is 0 Å². The van der Waals surface area contributed by atoms with Gasteiger partial charge in [-0.2, -0.15) is 5.26 Å². The van der Waals surface area contributed by atoms with Gasteiger partial charge in [-0.25, -0.2) is 0 Å². The number of hydrogen-bond acceptors (Lipinski definition) is 3. The second-order valence-electron chi connectivity index (χ2n) is 6.05. The Balaban J connectivity index is 2.72. The van der Waals surface area contributed by atoms with Crippen LogP contribution in [0.25, 0.3) is 0 Å². The second kappa shape index (κ2) is 6.08. The van der Waals surface area contributed by atoms with Crippen molar-refractivity contribution in [2.75, 3.05) is 6.61 Å². The van der Waals surface area contributed by atoms with Crippen molar-refractivity contribution in [3.05, 3.63) is 29.3 Å². The van der Waals surface area contributed by atoms with Gasteiger partial charge < -0.3 is 9.84 Å². The number of aryl methyl sites for hydroxylation is 1. The molecule has 0 aromatic heterocycles. The van der Waals surface area contributed by atoms with Crippen LogP contribution >= 0.6 is 0 Å². The van der Waals surface area contributed by atoms with Gasteiger partial charge in [-0.15, -0.1) is 0 Å². The first kappa shape index (κ1) is 15.5. The van der Waals surface area contributed by atoms with Crippen molar-refractivity contribution in [2.45, 2.75) is 40.7 Å². The topological polar surface area (TPSA) is 53.2 Å². The van der Waals surface area contributed by atoms with Crippen molar-refractivity contribution in [1.82, 2.24) is 0 Å². The second-order valence-corrected chi connectivity index (χ2v) is 6.05. The van der Waals surface area contributed by atoms with Gasteiger partial charge in [0.25, 0.3) is 0 Å². The summed E-state index contributed by atoms with van der Waals surface area (Å²) in [6.07, 6.45) is -0.410. The Bertz CT molecular complexity index is 472. The lowest BCUT2D eigenvalue weighted by molar-refractivity contribution is -0.0141. The van der Waals surface area contributed by atoms with Crippen LogP contribution in [0.15, 0.2) is 18.2 Å². The van der Waals surface area contributed by atoms with Crippen LogP contribution in [0.5, 0.6) is 5.75 Å². The monoisotopic (exact) mass is 261 g/mol. The number of aliphatic hydroxyl groups is 1. The summed E-state index contributed by atoms with van der Waals surface area (Å²) >= 11 is 0. The molecule has 1 rings (SSSR count). The van der Waals surface area contributed by atoms with Crippen LogP contribution in [-0.2, 0) is 0 Å². The van der Waals surface area contributed by atoms with E-state index < -0.39 is 6.10 Å². The standard InChI is InChI=1S/C16H23NO2/c1-11(2)15(18)16(4,5)10-19-14-7-6-13(9-17)12(3)8-14/h6-8,11,15,18H,10H2,1-5H3. The Kier molecular flexibility index (Phi) is 4.97. The largest absolute Gasteiger partial charge is 0.493 e. The number of ether oxygens (including phenoxy) is 1. The fourth-order valence-corrected chi connectivity index (χ4v) is 2.11. The smallest absolute Gasteiger partial charge is 0.119 e. The zero-order chi connectivity index (χ0) is 14.6. The molecular formula is C16H23NO2. The van der Waals surface area contributed by atoms with E-state index in [9.17, 15) is 5.11 Å². The summed E-state index contributed by atoms with van der Waals surface area (Å²) in [6.45, 7) is 10.3. The first-order valence-electron chi connectivity index (χ1n) is 6.59. The summed E-state index contributed by atoms with van der Waals surface area (Å²) in [6, 6.07) is 7.55. The van der Waals surface area contributed by atoms with Crippen molar-refractivity contribution in [1.29, 1.82) is 5.26 Å². The third-order valence-corrected chi connectivity index (χ3v) is 3.36. The van der Waals surface area contributed by atoms with Gasteiger partial charge in [-0.05, 0) is 36.6 Å². The van der Waals surface area contributed by atoms with Crippen LogP contribution in [0.1, 0.15) is 38.8 Å². The van der Waals surface area contributed by atoms with E-state index in [-0.39, 0.29) is 11.3 Å². The SMILES string of the molecule is Cc1cc(OCC(C)(C)C(O)C(C)C)ccc1C#N. The molecule has 0 fully saturated rings. The lowest BCUT2D eigenvalue weighted by Crippen LogP contribution is -2.38. The summed E-state index contributed by atoms with van der Waals surface area (Å²) in [7, 11) is 0. The van der Waals surface area contributed by atoms with E-state index >= 15 is 0 Å². The number of aliphatic hydroxyl groups excluding tert-OH is 1. The summed E-state index contributed by atoms with van der Waals surface area (Å²) in [4.78, 5) is 0. The minimum absolute atomic E-state index is 0.196. The molecule has 0 aliphatic heterocycles. The van der Waals surface area contributed by atoms with E-state index in [1.807, 2.05) is 40.7 Å². The predicted octanol–water partition coefficient (Wildman–Crippen LogP) is 3.29. The predicted molar refractivity (Wildman–Crippen MR) is 76.0 cm³/mol. The molecule has 1 aromatic rings. The van der Waals surface area contributed by atoms with Crippen molar-refractivity contribution >= 4 is 0 Å². The summed E-state index contributed by atoms with van der Waals surface area (Å²) < 4.78 is 5.75. The lowest BCUT2D eigenvalue weighted by Gasteiger charge is -2.32. The average Bonchev–Trinajstić information content (AvgIpc) is 2.35. The highest BCUT2D eigenvalue weighted by Gasteiger charge is 2.31. The Morgan fingerprint density at radius 1 is 1.37 bits per heavy atom. The number of rotatable bonds is 5. The molecule has 1 atom stereocenters. The van der Waals surface area contributed by atoms with Crippen LogP contribution in [0.2, 0.25) is 0 Å². The first-order valence-corrected chi connectivity index (χ1v) is 6.59. The maximum Gasteiger partial charge on any atom is 0.119 e. The van der Waals surface area contributed by atoms with E-state index in [0.717, 1.165) is 11.3 Å². The number of nitriles is 1. The zero-order valence-electron chi connectivity index (χ0n) is 12.4. The Morgan fingerprint density at radius 3 is 2.47 bits per heavy atom. The molecule has 0 saturated heterocycles. The Labute approximate surface area is 115 Å². The molecule has 19 heavy (non-hydrogen) atoms. The van der Waals surface area contributed by atoms with Crippen molar-refractivity contribution < 1.29 is 9.84 Å². The summed E-state index contributed by atoms with van der Waals surface area (Å²) in [5.74, 6) is 0.932. The van der Waals surface area contributed by atoms with Gasteiger partial charge in [0.2, 0.25) is 0 Å². The minimum Gasteiger partial charge on any atom is -0.493 e. The van der Waals surface area contributed by atoms with E-state index in [0.29, 0.717) is 12.2 Å². The van der Waals surface area contributed by atoms with Crippen molar-refractivity contribution in [3.8, 4) is 11.8 Å². The van der Waals surface area contributed by atoms with E-state index in [1.165, 1.54) is 0 Å². The molecule has 104 valence electrons. The van der Waals surface area contributed by atoms with Gasteiger partial charge in [0.05, 0.1) is 24.3 Å². The Morgan fingerprint density at radius 2 is 2.00 bits per heavy atom. The average molecular weight is 261 g/mol. The highest BCUT2D eigenvalue weighted by Crippen LogP contribution is 2.27. The van der Waals surface area contributed by atoms with Gasteiger partial charge in [-0.1, -0.05) is 27.7 Å². The zero-order valence-corrected chi connectivity index (χ0v) is 12.4. The summed E-state index contributed by atoms with van der Waals surface area (Å²) in [5, 5.41) is 19.0. The molecule has 0 amide bonds.